The highest BCUT2D eigenvalue weighted by Gasteiger charge is 2.14. The number of halogens is 2. The molecule has 2 rings (SSSR count). The summed E-state index contributed by atoms with van der Waals surface area (Å²) in [7, 11) is 0. The maximum absolute atomic E-state index is 13.6. The second-order valence-electron chi connectivity index (χ2n) is 4.14. The number of anilines is 2. The molecular formula is C14H12ClFN2O. The van der Waals surface area contributed by atoms with Crippen LogP contribution in [0.25, 0.3) is 0 Å². The van der Waals surface area contributed by atoms with Crippen molar-refractivity contribution < 1.29 is 9.18 Å². The average molecular weight is 279 g/mol. The number of aryl methyl sites for hydroxylation is 1. The minimum Gasteiger partial charge on any atom is -0.397 e. The fourth-order valence-electron chi connectivity index (χ4n) is 1.67. The first-order chi connectivity index (χ1) is 8.99. The van der Waals surface area contributed by atoms with E-state index in [9.17, 15) is 9.18 Å². The zero-order chi connectivity index (χ0) is 14.0. The van der Waals surface area contributed by atoms with Crippen LogP contribution in [0, 0.1) is 12.7 Å². The molecule has 0 aliphatic carbocycles. The Morgan fingerprint density at radius 2 is 2.05 bits per heavy atom. The first kappa shape index (κ1) is 13.4. The molecule has 5 heteroatoms. The lowest BCUT2D eigenvalue weighted by atomic mass is 10.1. The number of hydrogen-bond acceptors (Lipinski definition) is 2. The molecule has 19 heavy (non-hydrogen) atoms. The van der Waals surface area contributed by atoms with Crippen molar-refractivity contribution in [1.29, 1.82) is 0 Å². The van der Waals surface area contributed by atoms with Gasteiger partial charge in [0.1, 0.15) is 5.82 Å². The third-order valence-electron chi connectivity index (χ3n) is 2.65. The number of nitrogen functional groups attached to an aromatic ring is 1. The van der Waals surface area contributed by atoms with Gasteiger partial charge < -0.3 is 11.1 Å². The SMILES string of the molecule is Cc1ccc(F)c(C(=O)Nc2c(N)cccc2Cl)c1. The van der Waals surface area contributed by atoms with Gasteiger partial charge in [-0.05, 0) is 31.2 Å². The van der Waals surface area contributed by atoms with Gasteiger partial charge in [-0.15, -0.1) is 0 Å². The molecule has 98 valence electrons. The Balaban J connectivity index is 2.34. The molecule has 3 nitrogen and oxygen atoms in total. The molecule has 0 saturated heterocycles. The number of rotatable bonds is 2. The van der Waals surface area contributed by atoms with Gasteiger partial charge in [0.15, 0.2) is 0 Å². The molecular weight excluding hydrogens is 267 g/mol. The number of nitrogens with two attached hydrogens (primary N) is 1. The van der Waals surface area contributed by atoms with E-state index in [0.717, 1.165) is 5.56 Å². The van der Waals surface area contributed by atoms with Crippen molar-refractivity contribution in [2.45, 2.75) is 6.92 Å². The van der Waals surface area contributed by atoms with Crippen molar-refractivity contribution in [3.05, 3.63) is 58.4 Å². The highest BCUT2D eigenvalue weighted by atomic mass is 35.5. The molecule has 0 aliphatic heterocycles. The molecule has 2 aromatic carbocycles. The van der Waals surface area contributed by atoms with E-state index in [4.69, 9.17) is 17.3 Å². The molecule has 0 radical (unpaired) electrons. The van der Waals surface area contributed by atoms with Crippen LogP contribution in [0.15, 0.2) is 36.4 Å². The van der Waals surface area contributed by atoms with Crippen molar-refractivity contribution in [3.8, 4) is 0 Å². The number of carbonyl (C=O) groups is 1. The highest BCUT2D eigenvalue weighted by Crippen LogP contribution is 2.28. The molecule has 0 aliphatic rings. The molecule has 0 bridgehead atoms. The maximum Gasteiger partial charge on any atom is 0.258 e. The summed E-state index contributed by atoms with van der Waals surface area (Å²) in [6.45, 7) is 1.78. The number of nitrogens with one attached hydrogen (secondary N) is 1. The van der Waals surface area contributed by atoms with Gasteiger partial charge in [-0.2, -0.15) is 0 Å². The minimum absolute atomic E-state index is 0.0423. The maximum atomic E-state index is 13.6. The Kier molecular flexibility index (Phi) is 3.71. The monoisotopic (exact) mass is 278 g/mol. The molecule has 0 fully saturated rings. The van der Waals surface area contributed by atoms with Gasteiger partial charge in [0.2, 0.25) is 0 Å². The minimum atomic E-state index is -0.589. The van der Waals surface area contributed by atoms with E-state index >= 15 is 0 Å². The fraction of sp³-hybridized carbons (Fsp3) is 0.0714. The quantitative estimate of drug-likeness (QED) is 0.824. The number of benzene rings is 2. The van der Waals surface area contributed by atoms with Crippen LogP contribution in [0.2, 0.25) is 5.02 Å². The predicted octanol–water partition coefficient (Wildman–Crippen LogP) is 3.62. The van der Waals surface area contributed by atoms with E-state index in [1.54, 1.807) is 31.2 Å². The summed E-state index contributed by atoms with van der Waals surface area (Å²) in [5.41, 5.74) is 7.09. The van der Waals surface area contributed by atoms with Crippen molar-refractivity contribution >= 4 is 28.9 Å². The lowest BCUT2D eigenvalue weighted by molar-refractivity contribution is 0.102. The summed E-state index contributed by atoms with van der Waals surface area (Å²) in [6, 6.07) is 9.18. The molecule has 3 N–H and O–H groups in total. The van der Waals surface area contributed by atoms with Crippen LogP contribution in [0.1, 0.15) is 15.9 Å². The van der Waals surface area contributed by atoms with Crippen LogP contribution in [0.5, 0.6) is 0 Å². The Morgan fingerprint density at radius 1 is 1.32 bits per heavy atom. The topological polar surface area (TPSA) is 55.1 Å². The Hall–Kier alpha value is -2.07. The third kappa shape index (κ3) is 2.85. The molecule has 0 aromatic heterocycles. The summed E-state index contributed by atoms with van der Waals surface area (Å²) >= 11 is 5.94. The summed E-state index contributed by atoms with van der Waals surface area (Å²) in [5.74, 6) is -1.17. The number of para-hydroxylation sites is 1. The zero-order valence-corrected chi connectivity index (χ0v) is 11.0. The lowest BCUT2D eigenvalue weighted by Crippen LogP contribution is -2.15. The second-order valence-corrected chi connectivity index (χ2v) is 4.55. The van der Waals surface area contributed by atoms with Gasteiger partial charge in [0.25, 0.3) is 5.91 Å². The third-order valence-corrected chi connectivity index (χ3v) is 2.97. The van der Waals surface area contributed by atoms with Gasteiger partial charge in [-0.25, -0.2) is 4.39 Å². The normalized spacial score (nSPS) is 10.3. The summed E-state index contributed by atoms with van der Waals surface area (Å²) in [4.78, 5) is 12.0. The van der Waals surface area contributed by atoms with Crippen molar-refractivity contribution in [2.24, 2.45) is 0 Å². The fourth-order valence-corrected chi connectivity index (χ4v) is 1.90. The van der Waals surface area contributed by atoms with Gasteiger partial charge >= 0.3 is 0 Å². The van der Waals surface area contributed by atoms with E-state index in [-0.39, 0.29) is 11.3 Å². The number of hydrogen-bond donors (Lipinski definition) is 2. The van der Waals surface area contributed by atoms with Crippen LogP contribution < -0.4 is 11.1 Å². The predicted molar refractivity (Wildman–Crippen MR) is 75.0 cm³/mol. The lowest BCUT2D eigenvalue weighted by Gasteiger charge is -2.10. The Labute approximate surface area is 115 Å². The summed E-state index contributed by atoms with van der Waals surface area (Å²) in [5, 5.41) is 2.83. The second kappa shape index (κ2) is 5.28. The van der Waals surface area contributed by atoms with Crippen LogP contribution in [-0.2, 0) is 0 Å². The summed E-state index contributed by atoms with van der Waals surface area (Å²) < 4.78 is 13.6. The summed E-state index contributed by atoms with van der Waals surface area (Å²) in [6.07, 6.45) is 0. The van der Waals surface area contributed by atoms with E-state index in [0.29, 0.717) is 10.7 Å². The molecule has 2 aromatic rings. The van der Waals surface area contributed by atoms with Crippen LogP contribution >= 0.6 is 11.6 Å². The molecule has 0 heterocycles. The molecule has 0 unspecified atom stereocenters. The Bertz CT molecular complexity index is 623. The van der Waals surface area contributed by atoms with Crippen molar-refractivity contribution in [3.63, 3.8) is 0 Å². The Morgan fingerprint density at radius 3 is 2.74 bits per heavy atom. The first-order valence-electron chi connectivity index (χ1n) is 5.60. The number of amides is 1. The molecule has 0 saturated carbocycles. The van der Waals surface area contributed by atoms with Gasteiger partial charge in [-0.1, -0.05) is 29.3 Å². The molecule has 0 spiro atoms. The van der Waals surface area contributed by atoms with E-state index in [1.807, 2.05) is 0 Å². The zero-order valence-electron chi connectivity index (χ0n) is 10.2. The molecule has 0 atom stereocenters. The standard InChI is InChI=1S/C14H12ClFN2O/c1-8-5-6-11(16)9(7-8)14(19)18-13-10(15)3-2-4-12(13)17/h2-7H,17H2,1H3,(H,18,19). The van der Waals surface area contributed by atoms with E-state index < -0.39 is 11.7 Å². The van der Waals surface area contributed by atoms with Crippen LogP contribution in [0.4, 0.5) is 15.8 Å². The van der Waals surface area contributed by atoms with Crippen molar-refractivity contribution in [2.75, 3.05) is 11.1 Å². The first-order valence-corrected chi connectivity index (χ1v) is 5.98. The van der Waals surface area contributed by atoms with E-state index in [2.05, 4.69) is 5.32 Å². The smallest absolute Gasteiger partial charge is 0.258 e. The molecule has 1 amide bonds. The van der Waals surface area contributed by atoms with Gasteiger partial charge in [0, 0.05) is 0 Å². The van der Waals surface area contributed by atoms with Gasteiger partial charge in [0.05, 0.1) is 22.0 Å². The van der Waals surface area contributed by atoms with Crippen LogP contribution in [-0.4, -0.2) is 5.91 Å². The largest absolute Gasteiger partial charge is 0.397 e. The highest BCUT2D eigenvalue weighted by molar-refractivity contribution is 6.34. The van der Waals surface area contributed by atoms with Crippen LogP contribution in [0.3, 0.4) is 0 Å². The average Bonchev–Trinajstić information content (AvgIpc) is 2.37. The van der Waals surface area contributed by atoms with Crippen molar-refractivity contribution in [1.82, 2.24) is 0 Å². The number of carbonyl (C=O) groups excluding carboxylic acids is 1. The van der Waals surface area contributed by atoms with Gasteiger partial charge in [-0.3, -0.25) is 4.79 Å². The van der Waals surface area contributed by atoms with E-state index in [1.165, 1.54) is 12.1 Å².